The fourth-order valence-corrected chi connectivity index (χ4v) is 1.76. The van der Waals surface area contributed by atoms with Crippen molar-refractivity contribution in [2.24, 2.45) is 0 Å². The molecule has 114 valence electrons. The van der Waals surface area contributed by atoms with Crippen molar-refractivity contribution < 1.29 is 14.3 Å². The van der Waals surface area contributed by atoms with Crippen molar-refractivity contribution in [1.82, 2.24) is 10.6 Å². The lowest BCUT2D eigenvalue weighted by atomic mass is 10.1. The Labute approximate surface area is 124 Å². The van der Waals surface area contributed by atoms with Crippen LogP contribution in [0.3, 0.4) is 0 Å². The Bertz CT molecular complexity index is 527. The fraction of sp³-hybridized carbons (Fsp3) is 0.467. The van der Waals surface area contributed by atoms with Crippen LogP contribution < -0.4 is 21.1 Å². The van der Waals surface area contributed by atoms with Crippen molar-refractivity contribution in [2.75, 3.05) is 18.9 Å². The number of ether oxygens (including phenoxy) is 1. The molecule has 0 unspecified atom stereocenters. The lowest BCUT2D eigenvalue weighted by Gasteiger charge is -2.11. The highest BCUT2D eigenvalue weighted by molar-refractivity contribution is 5.95. The monoisotopic (exact) mass is 291 g/mol. The average molecular weight is 291 g/mol. The number of amides is 2. The van der Waals surface area contributed by atoms with Crippen LogP contribution in [-0.2, 0) is 4.79 Å². The molecule has 1 aliphatic rings. The van der Waals surface area contributed by atoms with Crippen LogP contribution in [0, 0.1) is 0 Å². The molecular formula is C15H21N3O3. The molecule has 4 N–H and O–H groups in total. The quantitative estimate of drug-likeness (QED) is 0.655. The number of carbonyl (C=O) groups is 2. The molecule has 0 spiro atoms. The average Bonchev–Trinajstić information content (AvgIpc) is 3.28. The van der Waals surface area contributed by atoms with Gasteiger partial charge in [-0.25, -0.2) is 0 Å². The Morgan fingerprint density at radius 2 is 2.14 bits per heavy atom. The summed E-state index contributed by atoms with van der Waals surface area (Å²) in [4.78, 5) is 23.5. The van der Waals surface area contributed by atoms with Gasteiger partial charge in [0.2, 0.25) is 0 Å². The van der Waals surface area contributed by atoms with Gasteiger partial charge in [0.25, 0.3) is 11.8 Å². The van der Waals surface area contributed by atoms with Gasteiger partial charge in [-0.1, -0.05) is 6.92 Å². The van der Waals surface area contributed by atoms with Crippen LogP contribution in [0.25, 0.3) is 0 Å². The first-order chi connectivity index (χ1) is 10.1. The first-order valence-electron chi connectivity index (χ1n) is 7.20. The predicted octanol–water partition coefficient (Wildman–Crippen LogP) is 1.07. The SMILES string of the molecule is CCCNC(=O)COc1cc(C(=O)NC2CC2)ccc1N. The Balaban J connectivity index is 1.94. The maximum atomic E-state index is 12.0. The second-order valence-electron chi connectivity index (χ2n) is 5.14. The van der Waals surface area contributed by atoms with E-state index in [1.54, 1.807) is 18.2 Å². The summed E-state index contributed by atoms with van der Waals surface area (Å²) < 4.78 is 5.39. The molecule has 1 saturated carbocycles. The molecule has 0 bridgehead atoms. The van der Waals surface area contributed by atoms with Gasteiger partial charge in [0.05, 0.1) is 5.69 Å². The van der Waals surface area contributed by atoms with Crippen LogP contribution in [0.15, 0.2) is 18.2 Å². The maximum absolute atomic E-state index is 12.0. The summed E-state index contributed by atoms with van der Waals surface area (Å²) in [5, 5.41) is 5.60. The smallest absolute Gasteiger partial charge is 0.257 e. The number of hydrogen-bond donors (Lipinski definition) is 3. The summed E-state index contributed by atoms with van der Waals surface area (Å²) in [5.74, 6) is 0.00645. The van der Waals surface area contributed by atoms with Gasteiger partial charge >= 0.3 is 0 Å². The fourth-order valence-electron chi connectivity index (χ4n) is 1.76. The largest absolute Gasteiger partial charge is 0.482 e. The third-order valence-corrected chi connectivity index (χ3v) is 3.12. The van der Waals surface area contributed by atoms with Gasteiger partial charge in [0.15, 0.2) is 6.61 Å². The van der Waals surface area contributed by atoms with Crippen LogP contribution in [-0.4, -0.2) is 31.0 Å². The molecule has 1 fully saturated rings. The van der Waals surface area contributed by atoms with E-state index in [1.807, 2.05) is 6.92 Å². The summed E-state index contributed by atoms with van der Waals surface area (Å²) in [5.41, 5.74) is 6.69. The first-order valence-corrected chi connectivity index (χ1v) is 7.20. The topological polar surface area (TPSA) is 93.4 Å². The highest BCUT2D eigenvalue weighted by Gasteiger charge is 2.24. The van der Waals surface area contributed by atoms with Gasteiger partial charge in [0.1, 0.15) is 5.75 Å². The molecule has 0 atom stereocenters. The molecule has 0 saturated heterocycles. The van der Waals surface area contributed by atoms with E-state index in [9.17, 15) is 9.59 Å². The van der Waals surface area contributed by atoms with Crippen LogP contribution in [0.2, 0.25) is 0 Å². The number of rotatable bonds is 7. The number of nitrogens with two attached hydrogens (primary N) is 1. The minimum absolute atomic E-state index is 0.113. The van der Waals surface area contributed by atoms with Crippen LogP contribution in [0.4, 0.5) is 5.69 Å². The Morgan fingerprint density at radius 3 is 2.81 bits per heavy atom. The van der Waals surface area contributed by atoms with E-state index >= 15 is 0 Å². The summed E-state index contributed by atoms with van der Waals surface area (Å²) in [6, 6.07) is 5.12. The van der Waals surface area contributed by atoms with Gasteiger partial charge in [-0.2, -0.15) is 0 Å². The third-order valence-electron chi connectivity index (χ3n) is 3.12. The highest BCUT2D eigenvalue weighted by atomic mass is 16.5. The normalized spacial score (nSPS) is 13.6. The zero-order valence-electron chi connectivity index (χ0n) is 12.1. The van der Waals surface area contributed by atoms with Gasteiger partial charge in [-0.05, 0) is 37.5 Å². The van der Waals surface area contributed by atoms with Crippen molar-refractivity contribution in [3.8, 4) is 5.75 Å². The van der Waals surface area contributed by atoms with E-state index in [-0.39, 0.29) is 18.4 Å². The molecule has 1 aromatic carbocycles. The van der Waals surface area contributed by atoms with Crippen molar-refractivity contribution in [3.05, 3.63) is 23.8 Å². The van der Waals surface area contributed by atoms with Gasteiger partial charge < -0.3 is 21.1 Å². The zero-order valence-corrected chi connectivity index (χ0v) is 12.1. The number of hydrogen-bond acceptors (Lipinski definition) is 4. The first kappa shape index (κ1) is 15.2. The Kier molecular flexibility index (Phi) is 5.03. The number of carbonyl (C=O) groups excluding carboxylic acids is 2. The molecule has 6 heteroatoms. The molecular weight excluding hydrogens is 270 g/mol. The van der Waals surface area contributed by atoms with Gasteiger partial charge in [-0.3, -0.25) is 9.59 Å². The van der Waals surface area contributed by atoms with E-state index in [0.29, 0.717) is 29.6 Å². The van der Waals surface area contributed by atoms with Gasteiger partial charge in [-0.15, -0.1) is 0 Å². The number of benzene rings is 1. The molecule has 0 heterocycles. The number of anilines is 1. The third kappa shape index (κ3) is 4.66. The lowest BCUT2D eigenvalue weighted by Crippen LogP contribution is -2.29. The second-order valence-corrected chi connectivity index (χ2v) is 5.14. The molecule has 0 aliphatic heterocycles. The minimum atomic E-state index is -0.205. The number of nitrogens with one attached hydrogen (secondary N) is 2. The van der Waals surface area contributed by atoms with Crippen molar-refractivity contribution in [3.63, 3.8) is 0 Å². The molecule has 1 aliphatic carbocycles. The summed E-state index contributed by atoms with van der Waals surface area (Å²) >= 11 is 0. The molecule has 1 aromatic rings. The predicted molar refractivity (Wildman–Crippen MR) is 80.1 cm³/mol. The second kappa shape index (κ2) is 6.97. The van der Waals surface area contributed by atoms with E-state index in [2.05, 4.69) is 10.6 Å². The van der Waals surface area contributed by atoms with Gasteiger partial charge in [0, 0.05) is 18.2 Å². The molecule has 6 nitrogen and oxygen atoms in total. The summed E-state index contributed by atoms with van der Waals surface area (Å²) in [7, 11) is 0. The Morgan fingerprint density at radius 1 is 1.38 bits per heavy atom. The summed E-state index contributed by atoms with van der Waals surface area (Å²) in [6.07, 6.45) is 2.92. The molecule has 21 heavy (non-hydrogen) atoms. The van der Waals surface area contributed by atoms with Crippen molar-refractivity contribution >= 4 is 17.5 Å². The van der Waals surface area contributed by atoms with Crippen LogP contribution in [0.1, 0.15) is 36.5 Å². The van der Waals surface area contributed by atoms with E-state index < -0.39 is 0 Å². The van der Waals surface area contributed by atoms with Crippen LogP contribution >= 0.6 is 0 Å². The number of nitrogen functional groups attached to an aromatic ring is 1. The zero-order chi connectivity index (χ0) is 15.2. The molecule has 2 amide bonds. The van der Waals surface area contributed by atoms with Crippen LogP contribution in [0.5, 0.6) is 5.75 Å². The summed E-state index contributed by atoms with van der Waals surface area (Å²) in [6.45, 7) is 2.47. The van der Waals surface area contributed by atoms with Crippen molar-refractivity contribution in [2.45, 2.75) is 32.2 Å². The standard InChI is InChI=1S/C15H21N3O3/c1-2-7-17-14(19)9-21-13-8-10(3-6-12(13)16)15(20)18-11-4-5-11/h3,6,8,11H,2,4-5,7,9,16H2,1H3,(H,17,19)(H,18,20). The van der Waals surface area contributed by atoms with Crippen molar-refractivity contribution in [1.29, 1.82) is 0 Å². The maximum Gasteiger partial charge on any atom is 0.257 e. The van der Waals surface area contributed by atoms with E-state index in [1.165, 1.54) is 0 Å². The van der Waals surface area contributed by atoms with E-state index in [4.69, 9.17) is 10.5 Å². The highest BCUT2D eigenvalue weighted by Crippen LogP contribution is 2.24. The lowest BCUT2D eigenvalue weighted by molar-refractivity contribution is -0.123. The molecule has 2 rings (SSSR count). The Hall–Kier alpha value is -2.24. The molecule has 0 radical (unpaired) electrons. The van der Waals surface area contributed by atoms with E-state index in [0.717, 1.165) is 19.3 Å². The molecule has 0 aromatic heterocycles. The minimum Gasteiger partial charge on any atom is -0.482 e.